The van der Waals surface area contributed by atoms with Crippen LogP contribution in [0.15, 0.2) is 48.7 Å². The molecule has 1 heterocycles. The fraction of sp³-hybridized carbons (Fsp3) is 0.400. The number of pyridine rings is 1. The number of rotatable bonds is 11. The van der Waals surface area contributed by atoms with E-state index in [1.807, 2.05) is 37.3 Å². The summed E-state index contributed by atoms with van der Waals surface area (Å²) >= 11 is 0. The SMILES string of the molecule is C[C@H](NCc1ccccn1)C(=O)NCc1ccc(CNCCCN)cc1. The van der Waals surface area contributed by atoms with E-state index in [9.17, 15) is 4.79 Å². The van der Waals surface area contributed by atoms with Crippen LogP contribution in [0.1, 0.15) is 30.2 Å². The molecule has 1 aromatic heterocycles. The van der Waals surface area contributed by atoms with Crippen molar-refractivity contribution in [3.63, 3.8) is 0 Å². The maximum absolute atomic E-state index is 12.2. The topological polar surface area (TPSA) is 92.1 Å². The minimum Gasteiger partial charge on any atom is -0.351 e. The fourth-order valence-corrected chi connectivity index (χ4v) is 2.43. The Morgan fingerprint density at radius 1 is 1.08 bits per heavy atom. The number of benzene rings is 1. The van der Waals surface area contributed by atoms with Crippen molar-refractivity contribution in [1.29, 1.82) is 0 Å². The van der Waals surface area contributed by atoms with Crippen molar-refractivity contribution in [3.05, 3.63) is 65.5 Å². The molecule has 0 spiro atoms. The Morgan fingerprint density at radius 2 is 1.81 bits per heavy atom. The monoisotopic (exact) mass is 355 g/mol. The number of nitrogens with zero attached hydrogens (tertiary/aromatic N) is 1. The molecule has 0 unspecified atom stereocenters. The predicted octanol–water partition coefficient (Wildman–Crippen LogP) is 1.31. The molecule has 2 rings (SSSR count). The van der Waals surface area contributed by atoms with Crippen LogP contribution in [-0.2, 0) is 24.4 Å². The third-order valence-corrected chi connectivity index (χ3v) is 4.09. The number of amides is 1. The second-order valence-electron chi connectivity index (χ2n) is 6.28. The standard InChI is InChI=1S/C20H29N5O/c1-16(24-15-19-5-2-3-12-23-19)20(26)25-14-18-8-6-17(7-9-18)13-22-11-4-10-21/h2-3,5-9,12,16,22,24H,4,10-11,13-15,21H2,1H3,(H,25,26)/t16-/m0/s1. The zero-order valence-corrected chi connectivity index (χ0v) is 15.4. The molecule has 1 atom stereocenters. The quantitative estimate of drug-likeness (QED) is 0.456. The van der Waals surface area contributed by atoms with Crippen LogP contribution in [0.3, 0.4) is 0 Å². The van der Waals surface area contributed by atoms with E-state index in [1.54, 1.807) is 6.20 Å². The Kier molecular flexibility index (Phi) is 8.75. The van der Waals surface area contributed by atoms with E-state index < -0.39 is 0 Å². The summed E-state index contributed by atoms with van der Waals surface area (Å²) in [6.07, 6.45) is 2.73. The van der Waals surface area contributed by atoms with Crippen LogP contribution in [0.5, 0.6) is 0 Å². The highest BCUT2D eigenvalue weighted by molar-refractivity contribution is 5.81. The average molecular weight is 355 g/mol. The van der Waals surface area contributed by atoms with Gasteiger partial charge in [0.05, 0.1) is 11.7 Å². The van der Waals surface area contributed by atoms with Gasteiger partial charge in [-0.25, -0.2) is 0 Å². The summed E-state index contributed by atoms with van der Waals surface area (Å²) in [7, 11) is 0. The third-order valence-electron chi connectivity index (χ3n) is 4.09. The highest BCUT2D eigenvalue weighted by atomic mass is 16.2. The third kappa shape index (κ3) is 7.31. The van der Waals surface area contributed by atoms with Crippen LogP contribution in [0.2, 0.25) is 0 Å². The van der Waals surface area contributed by atoms with Crippen molar-refractivity contribution in [3.8, 4) is 0 Å². The smallest absolute Gasteiger partial charge is 0.237 e. The van der Waals surface area contributed by atoms with E-state index in [1.165, 1.54) is 5.56 Å². The lowest BCUT2D eigenvalue weighted by Gasteiger charge is -2.14. The number of carbonyl (C=O) groups is 1. The molecule has 2 aromatic rings. The van der Waals surface area contributed by atoms with Gasteiger partial charge in [-0.2, -0.15) is 0 Å². The summed E-state index contributed by atoms with van der Waals surface area (Å²) in [6.45, 7) is 5.42. The molecule has 0 aliphatic carbocycles. The Labute approximate surface area is 155 Å². The second kappa shape index (κ2) is 11.4. The second-order valence-corrected chi connectivity index (χ2v) is 6.28. The van der Waals surface area contributed by atoms with E-state index >= 15 is 0 Å². The minimum atomic E-state index is -0.275. The first kappa shape index (κ1) is 20.0. The number of hydrogen-bond acceptors (Lipinski definition) is 5. The largest absolute Gasteiger partial charge is 0.351 e. The number of nitrogens with one attached hydrogen (secondary N) is 3. The minimum absolute atomic E-state index is 0.0199. The van der Waals surface area contributed by atoms with Crippen LogP contribution >= 0.6 is 0 Å². The summed E-state index contributed by atoms with van der Waals surface area (Å²) in [6, 6.07) is 13.7. The molecular weight excluding hydrogens is 326 g/mol. The Hall–Kier alpha value is -2.28. The number of carbonyl (C=O) groups excluding carboxylic acids is 1. The van der Waals surface area contributed by atoms with Crippen molar-refractivity contribution in [2.75, 3.05) is 13.1 Å². The Morgan fingerprint density at radius 3 is 2.46 bits per heavy atom. The fourth-order valence-electron chi connectivity index (χ4n) is 2.43. The van der Waals surface area contributed by atoms with Crippen molar-refractivity contribution in [2.45, 2.75) is 39.0 Å². The van der Waals surface area contributed by atoms with Gasteiger partial charge in [0.2, 0.25) is 5.91 Å². The molecular formula is C20H29N5O. The normalized spacial score (nSPS) is 11.9. The number of hydrogen-bond donors (Lipinski definition) is 4. The van der Waals surface area contributed by atoms with Crippen molar-refractivity contribution < 1.29 is 4.79 Å². The zero-order chi connectivity index (χ0) is 18.6. The Bertz CT molecular complexity index is 645. The molecule has 0 saturated carbocycles. The number of nitrogens with two attached hydrogens (primary N) is 1. The van der Waals surface area contributed by atoms with Crippen LogP contribution in [0, 0.1) is 0 Å². The summed E-state index contributed by atoms with van der Waals surface area (Å²) in [4.78, 5) is 16.4. The molecule has 5 N–H and O–H groups in total. The molecule has 0 aliphatic rings. The van der Waals surface area contributed by atoms with Crippen LogP contribution in [0.4, 0.5) is 0 Å². The van der Waals surface area contributed by atoms with Gasteiger partial charge in [0.1, 0.15) is 0 Å². The highest BCUT2D eigenvalue weighted by Gasteiger charge is 2.11. The van der Waals surface area contributed by atoms with Gasteiger partial charge in [0, 0.05) is 25.8 Å². The van der Waals surface area contributed by atoms with Gasteiger partial charge in [0.25, 0.3) is 0 Å². The van der Waals surface area contributed by atoms with E-state index in [4.69, 9.17) is 5.73 Å². The molecule has 0 fully saturated rings. The Balaban J connectivity index is 1.69. The van der Waals surface area contributed by atoms with Gasteiger partial charge in [-0.05, 0) is 49.7 Å². The first-order valence-electron chi connectivity index (χ1n) is 9.08. The molecule has 140 valence electrons. The van der Waals surface area contributed by atoms with Crippen molar-refractivity contribution in [2.24, 2.45) is 5.73 Å². The van der Waals surface area contributed by atoms with E-state index in [2.05, 4.69) is 33.1 Å². The van der Waals surface area contributed by atoms with Crippen molar-refractivity contribution in [1.82, 2.24) is 20.9 Å². The highest BCUT2D eigenvalue weighted by Crippen LogP contribution is 2.04. The predicted molar refractivity (Wildman–Crippen MR) is 104 cm³/mol. The van der Waals surface area contributed by atoms with Crippen LogP contribution < -0.4 is 21.7 Å². The lowest BCUT2D eigenvalue weighted by molar-refractivity contribution is -0.122. The van der Waals surface area contributed by atoms with Gasteiger partial charge in [0.15, 0.2) is 0 Å². The van der Waals surface area contributed by atoms with Crippen molar-refractivity contribution >= 4 is 5.91 Å². The average Bonchev–Trinajstić information content (AvgIpc) is 2.69. The molecule has 0 bridgehead atoms. The first-order valence-corrected chi connectivity index (χ1v) is 9.08. The van der Waals surface area contributed by atoms with Crippen LogP contribution in [-0.4, -0.2) is 30.0 Å². The molecule has 0 saturated heterocycles. The number of aromatic nitrogens is 1. The zero-order valence-electron chi connectivity index (χ0n) is 15.4. The molecule has 1 amide bonds. The molecule has 6 nitrogen and oxygen atoms in total. The van der Waals surface area contributed by atoms with Gasteiger partial charge in [-0.15, -0.1) is 0 Å². The summed E-state index contributed by atoms with van der Waals surface area (Å²) < 4.78 is 0. The van der Waals surface area contributed by atoms with E-state index in [-0.39, 0.29) is 11.9 Å². The molecule has 26 heavy (non-hydrogen) atoms. The lowest BCUT2D eigenvalue weighted by atomic mass is 10.1. The van der Waals surface area contributed by atoms with Gasteiger partial charge in [-0.1, -0.05) is 30.3 Å². The molecule has 1 aromatic carbocycles. The first-order chi connectivity index (χ1) is 12.7. The molecule has 0 radical (unpaired) electrons. The van der Waals surface area contributed by atoms with E-state index in [0.717, 1.165) is 30.8 Å². The summed E-state index contributed by atoms with van der Waals surface area (Å²) in [5.74, 6) is -0.0199. The van der Waals surface area contributed by atoms with Gasteiger partial charge >= 0.3 is 0 Å². The molecule has 0 aliphatic heterocycles. The lowest BCUT2D eigenvalue weighted by Crippen LogP contribution is -2.41. The maximum Gasteiger partial charge on any atom is 0.237 e. The van der Waals surface area contributed by atoms with Gasteiger partial charge < -0.3 is 21.7 Å². The van der Waals surface area contributed by atoms with Crippen LogP contribution in [0.25, 0.3) is 0 Å². The maximum atomic E-state index is 12.2. The summed E-state index contributed by atoms with van der Waals surface area (Å²) in [5.41, 5.74) is 8.70. The van der Waals surface area contributed by atoms with Gasteiger partial charge in [-0.3, -0.25) is 9.78 Å². The van der Waals surface area contributed by atoms with E-state index in [0.29, 0.717) is 19.6 Å². The molecule has 6 heteroatoms. The summed E-state index contributed by atoms with van der Waals surface area (Å²) in [5, 5.41) is 9.50.